The third-order valence-electron chi connectivity index (χ3n) is 3.22. The van der Waals surface area contributed by atoms with E-state index in [0.29, 0.717) is 18.9 Å². The lowest BCUT2D eigenvalue weighted by Gasteiger charge is -2.28. The first-order valence-corrected chi connectivity index (χ1v) is 7.47. The molecule has 0 amide bonds. The number of rotatable bonds is 3. The number of halogens is 1. The van der Waals surface area contributed by atoms with E-state index in [2.05, 4.69) is 0 Å². The zero-order valence-corrected chi connectivity index (χ0v) is 11.3. The summed E-state index contributed by atoms with van der Waals surface area (Å²) in [6.07, 6.45) is 0.0583. The number of nitrogens with zero attached hydrogens (tertiary/aromatic N) is 1. The molecule has 0 bridgehead atoms. The van der Waals surface area contributed by atoms with Crippen LogP contribution in [0.25, 0.3) is 0 Å². The maximum atomic E-state index is 13.8. The van der Waals surface area contributed by atoms with Crippen molar-refractivity contribution in [3.05, 3.63) is 29.6 Å². The third kappa shape index (κ3) is 2.82. The highest BCUT2D eigenvalue weighted by atomic mass is 32.2. The van der Waals surface area contributed by atoms with Crippen LogP contribution in [0.3, 0.4) is 0 Å². The van der Waals surface area contributed by atoms with Crippen molar-refractivity contribution in [2.45, 2.75) is 23.8 Å². The molecular formula is C12H14FNO5S. The summed E-state index contributed by atoms with van der Waals surface area (Å²) in [5.74, 6) is -2.41. The molecule has 110 valence electrons. The largest absolute Gasteiger partial charge is 0.478 e. The molecule has 0 spiro atoms. The minimum absolute atomic E-state index is 0.115. The van der Waals surface area contributed by atoms with E-state index >= 15 is 0 Å². The van der Waals surface area contributed by atoms with Crippen molar-refractivity contribution in [2.24, 2.45) is 0 Å². The molecule has 20 heavy (non-hydrogen) atoms. The van der Waals surface area contributed by atoms with E-state index in [-0.39, 0.29) is 18.7 Å². The molecule has 0 saturated carbocycles. The number of aliphatic hydroxyl groups is 1. The Balaban J connectivity index is 2.32. The number of benzene rings is 1. The van der Waals surface area contributed by atoms with Crippen molar-refractivity contribution < 1.29 is 27.8 Å². The SMILES string of the molecule is O=C(O)c1ccc(S(=O)(=O)N2CCC(O)CC2)c(F)c1. The van der Waals surface area contributed by atoms with E-state index in [1.165, 1.54) is 0 Å². The van der Waals surface area contributed by atoms with Crippen molar-refractivity contribution in [1.82, 2.24) is 4.31 Å². The zero-order valence-electron chi connectivity index (χ0n) is 10.5. The van der Waals surface area contributed by atoms with Crippen LogP contribution in [0.4, 0.5) is 4.39 Å². The molecule has 1 aliphatic rings. The van der Waals surface area contributed by atoms with E-state index in [4.69, 9.17) is 5.11 Å². The second kappa shape index (κ2) is 5.47. The Kier molecular flexibility index (Phi) is 4.07. The Morgan fingerprint density at radius 3 is 2.40 bits per heavy atom. The normalized spacial score (nSPS) is 18.1. The fourth-order valence-corrected chi connectivity index (χ4v) is 3.58. The first-order chi connectivity index (χ1) is 9.32. The van der Waals surface area contributed by atoms with Gasteiger partial charge in [-0.15, -0.1) is 0 Å². The molecule has 1 saturated heterocycles. The molecule has 8 heteroatoms. The predicted octanol–water partition coefficient (Wildman–Crippen LogP) is 0.669. The van der Waals surface area contributed by atoms with Crippen LogP contribution in [-0.4, -0.2) is 48.1 Å². The molecule has 2 rings (SSSR count). The lowest BCUT2D eigenvalue weighted by molar-refractivity contribution is 0.0696. The summed E-state index contributed by atoms with van der Waals surface area (Å²) in [5.41, 5.74) is -0.310. The average Bonchev–Trinajstić information content (AvgIpc) is 2.38. The van der Waals surface area contributed by atoms with Crippen molar-refractivity contribution in [2.75, 3.05) is 13.1 Å². The van der Waals surface area contributed by atoms with Crippen molar-refractivity contribution >= 4 is 16.0 Å². The number of carboxylic acid groups (broad SMARTS) is 1. The summed E-state index contributed by atoms with van der Waals surface area (Å²) in [6.45, 7) is 0.229. The number of aliphatic hydroxyl groups excluding tert-OH is 1. The molecule has 1 aromatic rings. The molecule has 0 radical (unpaired) electrons. The Morgan fingerprint density at radius 2 is 1.90 bits per heavy atom. The van der Waals surface area contributed by atoms with Gasteiger partial charge in [0.2, 0.25) is 10.0 Å². The lowest BCUT2D eigenvalue weighted by Crippen LogP contribution is -2.40. The molecule has 1 heterocycles. The fourth-order valence-electron chi connectivity index (χ4n) is 2.06. The molecule has 0 aromatic heterocycles. The van der Waals surface area contributed by atoms with Crippen LogP contribution in [0, 0.1) is 5.82 Å². The van der Waals surface area contributed by atoms with Gasteiger partial charge in [0.15, 0.2) is 0 Å². The lowest BCUT2D eigenvalue weighted by atomic mass is 10.1. The maximum Gasteiger partial charge on any atom is 0.335 e. The molecule has 1 aliphatic heterocycles. The van der Waals surface area contributed by atoms with Gasteiger partial charge in [0.25, 0.3) is 0 Å². The smallest absolute Gasteiger partial charge is 0.335 e. The zero-order chi connectivity index (χ0) is 14.9. The summed E-state index contributed by atoms with van der Waals surface area (Å²) in [7, 11) is -4.00. The molecule has 0 aliphatic carbocycles. The number of piperidine rings is 1. The highest BCUT2D eigenvalue weighted by Crippen LogP contribution is 2.23. The van der Waals surface area contributed by atoms with Crippen LogP contribution in [0.5, 0.6) is 0 Å². The third-order valence-corrected chi connectivity index (χ3v) is 5.15. The Hall–Kier alpha value is -1.51. The Bertz CT molecular complexity index is 623. The van der Waals surface area contributed by atoms with Gasteiger partial charge in [-0.3, -0.25) is 0 Å². The van der Waals surface area contributed by atoms with Gasteiger partial charge in [-0.05, 0) is 31.0 Å². The van der Waals surface area contributed by atoms with Crippen molar-refractivity contribution in [1.29, 1.82) is 0 Å². The Labute approximate surface area is 115 Å². The van der Waals surface area contributed by atoms with Gasteiger partial charge in [-0.1, -0.05) is 0 Å². The van der Waals surface area contributed by atoms with Gasteiger partial charge in [-0.2, -0.15) is 4.31 Å². The van der Waals surface area contributed by atoms with Crippen LogP contribution in [0.1, 0.15) is 23.2 Å². The summed E-state index contributed by atoms with van der Waals surface area (Å²) in [5, 5.41) is 18.1. The standard InChI is InChI=1S/C12H14FNO5S/c13-10-7-8(12(16)17)1-2-11(10)20(18,19)14-5-3-9(15)4-6-14/h1-2,7,9,15H,3-6H2,(H,16,17). The van der Waals surface area contributed by atoms with Gasteiger partial charge < -0.3 is 10.2 Å². The van der Waals surface area contributed by atoms with Crippen molar-refractivity contribution in [3.8, 4) is 0 Å². The number of carbonyl (C=O) groups is 1. The summed E-state index contributed by atoms with van der Waals surface area (Å²) in [6, 6.07) is 2.70. The maximum absolute atomic E-state index is 13.8. The van der Waals surface area contributed by atoms with Gasteiger partial charge in [0.1, 0.15) is 10.7 Å². The second-order valence-corrected chi connectivity index (χ2v) is 6.49. The van der Waals surface area contributed by atoms with Gasteiger partial charge in [-0.25, -0.2) is 17.6 Å². The molecule has 0 atom stereocenters. The van der Waals surface area contributed by atoms with Gasteiger partial charge in [0, 0.05) is 13.1 Å². The summed E-state index contributed by atoms with van der Waals surface area (Å²) < 4.78 is 39.4. The van der Waals surface area contributed by atoms with Crippen LogP contribution in [0.2, 0.25) is 0 Å². The monoisotopic (exact) mass is 303 g/mol. The van der Waals surface area contributed by atoms with Gasteiger partial charge >= 0.3 is 5.97 Å². The number of carboxylic acids is 1. The second-order valence-electron chi connectivity index (χ2n) is 4.59. The fraction of sp³-hybridized carbons (Fsp3) is 0.417. The molecule has 1 fully saturated rings. The first kappa shape index (κ1) is 14.9. The highest BCUT2D eigenvalue weighted by molar-refractivity contribution is 7.89. The van der Waals surface area contributed by atoms with E-state index in [0.717, 1.165) is 16.4 Å². The van der Waals surface area contributed by atoms with E-state index < -0.39 is 32.8 Å². The molecular weight excluding hydrogens is 289 g/mol. The number of hydrogen-bond donors (Lipinski definition) is 2. The topological polar surface area (TPSA) is 94.9 Å². The molecule has 6 nitrogen and oxygen atoms in total. The molecule has 2 N–H and O–H groups in total. The van der Waals surface area contributed by atoms with E-state index in [1.54, 1.807) is 0 Å². The van der Waals surface area contributed by atoms with Crippen molar-refractivity contribution in [3.63, 3.8) is 0 Å². The number of hydrogen-bond acceptors (Lipinski definition) is 4. The van der Waals surface area contributed by atoms with E-state index in [9.17, 15) is 22.7 Å². The number of aromatic carboxylic acids is 1. The van der Waals surface area contributed by atoms with Gasteiger partial charge in [0.05, 0.1) is 11.7 Å². The average molecular weight is 303 g/mol. The highest BCUT2D eigenvalue weighted by Gasteiger charge is 2.31. The first-order valence-electron chi connectivity index (χ1n) is 6.03. The minimum Gasteiger partial charge on any atom is -0.478 e. The van der Waals surface area contributed by atoms with Crippen LogP contribution >= 0.6 is 0 Å². The number of sulfonamides is 1. The van der Waals surface area contributed by atoms with Crippen LogP contribution in [-0.2, 0) is 10.0 Å². The minimum atomic E-state index is -4.00. The Morgan fingerprint density at radius 1 is 1.30 bits per heavy atom. The van der Waals surface area contributed by atoms with E-state index in [1.807, 2.05) is 0 Å². The summed E-state index contributed by atoms with van der Waals surface area (Å²) >= 11 is 0. The molecule has 1 aromatic carbocycles. The van der Waals surface area contributed by atoms with Crippen LogP contribution < -0.4 is 0 Å². The summed E-state index contributed by atoms with van der Waals surface area (Å²) in [4.78, 5) is 10.2. The quantitative estimate of drug-likeness (QED) is 0.856. The van der Waals surface area contributed by atoms with Crippen LogP contribution in [0.15, 0.2) is 23.1 Å². The predicted molar refractivity (Wildman–Crippen MR) is 67.4 cm³/mol. The molecule has 0 unspecified atom stereocenters.